The van der Waals surface area contributed by atoms with Crippen LogP contribution in [0.25, 0.3) is 11.0 Å². The summed E-state index contributed by atoms with van der Waals surface area (Å²) in [5.74, 6) is -0.784. The van der Waals surface area contributed by atoms with Gasteiger partial charge in [-0.15, -0.1) is 0 Å². The molecule has 1 unspecified atom stereocenters. The molecule has 30 heavy (non-hydrogen) atoms. The highest BCUT2D eigenvalue weighted by Gasteiger charge is 2.44. The number of aromatic nitrogens is 1. The van der Waals surface area contributed by atoms with Crippen molar-refractivity contribution in [2.45, 2.75) is 13.0 Å². The first kappa shape index (κ1) is 18.5. The number of benzene rings is 2. The summed E-state index contributed by atoms with van der Waals surface area (Å²) < 4.78 is 19.6. The molecule has 4 aromatic rings. The molecule has 0 radical (unpaired) electrons. The van der Waals surface area contributed by atoms with Crippen LogP contribution in [0.3, 0.4) is 0 Å². The van der Waals surface area contributed by atoms with Crippen LogP contribution in [0.15, 0.2) is 70.0 Å². The summed E-state index contributed by atoms with van der Waals surface area (Å²) in [6, 6.07) is 13.6. The highest BCUT2D eigenvalue weighted by molar-refractivity contribution is 6.30. The van der Waals surface area contributed by atoms with Crippen LogP contribution in [-0.2, 0) is 0 Å². The van der Waals surface area contributed by atoms with Gasteiger partial charge in [0.1, 0.15) is 17.2 Å². The van der Waals surface area contributed by atoms with Gasteiger partial charge < -0.3 is 4.42 Å². The summed E-state index contributed by atoms with van der Waals surface area (Å²) in [6.07, 6.45) is 1.43. The number of aryl methyl sites for hydroxylation is 1. The molecule has 1 atom stereocenters. The van der Waals surface area contributed by atoms with Crippen LogP contribution in [0.5, 0.6) is 0 Å². The fourth-order valence-corrected chi connectivity index (χ4v) is 3.87. The van der Waals surface area contributed by atoms with Crippen molar-refractivity contribution in [2.75, 3.05) is 4.90 Å². The number of carbonyl (C=O) groups is 1. The van der Waals surface area contributed by atoms with Crippen LogP contribution in [0.1, 0.15) is 33.3 Å². The third kappa shape index (κ3) is 2.80. The minimum Gasteiger partial charge on any atom is -0.450 e. The van der Waals surface area contributed by atoms with Crippen LogP contribution < -0.4 is 10.3 Å². The lowest BCUT2D eigenvalue weighted by Crippen LogP contribution is -2.30. The van der Waals surface area contributed by atoms with Gasteiger partial charge in [0.2, 0.25) is 5.76 Å². The molecule has 7 heteroatoms. The lowest BCUT2D eigenvalue weighted by molar-refractivity contribution is 0.0970. The quantitative estimate of drug-likeness (QED) is 0.456. The highest BCUT2D eigenvalue weighted by Crippen LogP contribution is 2.40. The molecule has 2 aromatic carbocycles. The minimum absolute atomic E-state index is 0.0681. The summed E-state index contributed by atoms with van der Waals surface area (Å²) >= 11 is 5.96. The molecule has 2 aromatic heterocycles. The zero-order chi connectivity index (χ0) is 21.0. The van der Waals surface area contributed by atoms with Gasteiger partial charge in [0.25, 0.3) is 5.91 Å². The Morgan fingerprint density at radius 2 is 1.83 bits per heavy atom. The number of nitrogens with zero attached hydrogens (tertiary/aromatic N) is 2. The molecule has 5 nitrogen and oxygen atoms in total. The molecule has 0 saturated carbocycles. The molecule has 148 valence electrons. The predicted octanol–water partition coefficient (Wildman–Crippen LogP) is 5.04. The topological polar surface area (TPSA) is 63.4 Å². The van der Waals surface area contributed by atoms with Crippen LogP contribution in [0, 0.1) is 12.7 Å². The molecule has 0 spiro atoms. The Hall–Kier alpha value is -3.51. The Morgan fingerprint density at radius 3 is 2.53 bits per heavy atom. The van der Waals surface area contributed by atoms with Crippen molar-refractivity contribution in [1.29, 1.82) is 0 Å². The Labute approximate surface area is 175 Å². The van der Waals surface area contributed by atoms with Crippen LogP contribution in [0.2, 0.25) is 5.02 Å². The van der Waals surface area contributed by atoms with Crippen molar-refractivity contribution in [3.05, 3.63) is 104 Å². The smallest absolute Gasteiger partial charge is 0.296 e. The largest absolute Gasteiger partial charge is 0.450 e. The van der Waals surface area contributed by atoms with Crippen LogP contribution in [0.4, 0.5) is 10.2 Å². The van der Waals surface area contributed by atoms with Gasteiger partial charge in [-0.3, -0.25) is 14.5 Å². The van der Waals surface area contributed by atoms with Crippen molar-refractivity contribution in [3.63, 3.8) is 0 Å². The van der Waals surface area contributed by atoms with Crippen molar-refractivity contribution in [1.82, 2.24) is 4.98 Å². The van der Waals surface area contributed by atoms with E-state index in [-0.39, 0.29) is 22.3 Å². The van der Waals surface area contributed by atoms with Crippen LogP contribution in [-0.4, -0.2) is 10.9 Å². The van der Waals surface area contributed by atoms with Crippen molar-refractivity contribution in [3.8, 4) is 0 Å². The summed E-state index contributed by atoms with van der Waals surface area (Å²) in [7, 11) is 0. The Balaban J connectivity index is 1.81. The fraction of sp³-hybridized carbons (Fsp3) is 0.0870. The molecule has 1 amide bonds. The lowest BCUT2D eigenvalue weighted by atomic mass is 9.97. The molecule has 3 heterocycles. The summed E-state index contributed by atoms with van der Waals surface area (Å²) in [5, 5.41) is 0.509. The van der Waals surface area contributed by atoms with Gasteiger partial charge in [-0.1, -0.05) is 41.4 Å². The van der Waals surface area contributed by atoms with E-state index in [4.69, 9.17) is 16.0 Å². The van der Waals surface area contributed by atoms with Gasteiger partial charge >= 0.3 is 0 Å². The van der Waals surface area contributed by atoms with Crippen LogP contribution >= 0.6 is 11.6 Å². The average molecular weight is 421 g/mol. The second-order valence-electron chi connectivity index (χ2n) is 7.14. The summed E-state index contributed by atoms with van der Waals surface area (Å²) in [5.41, 5.74) is 1.63. The number of amides is 1. The van der Waals surface area contributed by atoms with E-state index in [1.54, 1.807) is 12.1 Å². The van der Waals surface area contributed by atoms with Crippen molar-refractivity contribution < 1.29 is 13.6 Å². The minimum atomic E-state index is -0.759. The number of anilines is 1. The predicted molar refractivity (Wildman–Crippen MR) is 112 cm³/mol. The fourth-order valence-electron chi connectivity index (χ4n) is 3.76. The zero-order valence-corrected chi connectivity index (χ0v) is 16.5. The number of hydrogen-bond donors (Lipinski definition) is 0. The van der Waals surface area contributed by atoms with E-state index < -0.39 is 23.2 Å². The van der Waals surface area contributed by atoms with E-state index in [0.717, 1.165) is 11.6 Å². The molecule has 1 aliphatic heterocycles. The van der Waals surface area contributed by atoms with Gasteiger partial charge in [-0.2, -0.15) is 0 Å². The monoisotopic (exact) mass is 420 g/mol. The maximum Gasteiger partial charge on any atom is 0.296 e. The molecule has 1 aliphatic rings. The number of halogens is 2. The second kappa shape index (κ2) is 6.78. The van der Waals surface area contributed by atoms with E-state index >= 15 is 0 Å². The third-order valence-electron chi connectivity index (χ3n) is 5.18. The Morgan fingerprint density at radius 1 is 1.07 bits per heavy atom. The third-order valence-corrected chi connectivity index (χ3v) is 5.41. The van der Waals surface area contributed by atoms with Gasteiger partial charge in [-0.05, 0) is 42.8 Å². The number of pyridine rings is 1. The summed E-state index contributed by atoms with van der Waals surface area (Å²) in [6.45, 7) is 1.95. The van der Waals surface area contributed by atoms with Gasteiger partial charge in [-0.25, -0.2) is 9.37 Å². The maximum atomic E-state index is 13.8. The SMILES string of the molecule is Cc1ccc(C2c3c(oc4ccc(F)cc4c3=O)C(=O)N2c2ccc(Cl)cn2)cc1. The number of rotatable bonds is 2. The first-order valence-corrected chi connectivity index (χ1v) is 9.60. The first-order valence-electron chi connectivity index (χ1n) is 9.22. The lowest BCUT2D eigenvalue weighted by Gasteiger charge is -2.24. The molecule has 0 N–H and O–H groups in total. The van der Waals surface area contributed by atoms with E-state index in [1.165, 1.54) is 23.2 Å². The van der Waals surface area contributed by atoms with E-state index in [9.17, 15) is 14.0 Å². The Bertz CT molecular complexity index is 1360. The van der Waals surface area contributed by atoms with Crippen molar-refractivity contribution in [2.24, 2.45) is 0 Å². The molecular formula is C23H14ClFN2O3. The van der Waals surface area contributed by atoms with E-state index in [0.29, 0.717) is 16.4 Å². The molecule has 0 saturated heterocycles. The average Bonchev–Trinajstić information content (AvgIpc) is 3.03. The highest BCUT2D eigenvalue weighted by atomic mass is 35.5. The molecule has 0 aliphatic carbocycles. The van der Waals surface area contributed by atoms with Gasteiger partial charge in [0.05, 0.1) is 22.0 Å². The molecular weight excluding hydrogens is 407 g/mol. The second-order valence-corrected chi connectivity index (χ2v) is 7.57. The summed E-state index contributed by atoms with van der Waals surface area (Å²) in [4.78, 5) is 32.4. The van der Waals surface area contributed by atoms with Gasteiger partial charge in [0.15, 0.2) is 5.43 Å². The molecule has 5 rings (SSSR count). The molecule has 0 bridgehead atoms. The maximum absolute atomic E-state index is 13.8. The first-order chi connectivity index (χ1) is 14.4. The van der Waals surface area contributed by atoms with E-state index in [2.05, 4.69) is 4.98 Å². The molecule has 0 fully saturated rings. The van der Waals surface area contributed by atoms with Crippen molar-refractivity contribution >= 4 is 34.3 Å². The standard InChI is InChI=1S/C23H14ClFN2O3/c1-12-2-4-13(5-3-12)20-19-21(28)16-10-15(25)7-8-17(16)30-22(19)23(29)27(20)18-9-6-14(24)11-26-18/h2-11,20H,1H3. The van der Waals surface area contributed by atoms with E-state index in [1.807, 2.05) is 31.2 Å². The zero-order valence-electron chi connectivity index (χ0n) is 15.7. The number of hydrogen-bond acceptors (Lipinski definition) is 4. The number of carbonyl (C=O) groups excluding carboxylic acids is 1. The number of fused-ring (bicyclic) bond motifs is 2. The Kier molecular flexibility index (Phi) is 4.18. The normalized spacial score (nSPS) is 15.6. The van der Waals surface area contributed by atoms with Gasteiger partial charge in [0, 0.05) is 6.20 Å².